The van der Waals surface area contributed by atoms with Crippen LogP contribution in [0.3, 0.4) is 0 Å². The van der Waals surface area contributed by atoms with E-state index >= 15 is 0 Å². The third-order valence-corrected chi connectivity index (χ3v) is 5.18. The summed E-state index contributed by atoms with van der Waals surface area (Å²) in [5, 5.41) is 11.8. The lowest BCUT2D eigenvalue weighted by Crippen LogP contribution is -2.41. The van der Waals surface area contributed by atoms with Gasteiger partial charge < -0.3 is 10.2 Å². The largest absolute Gasteiger partial charge is 0.354 e. The second kappa shape index (κ2) is 8.21. The first-order chi connectivity index (χ1) is 13.7. The molecule has 2 aromatic heterocycles. The Balaban J connectivity index is 1.43. The molecule has 0 bridgehead atoms. The quantitative estimate of drug-likeness (QED) is 0.741. The molecule has 144 valence electrons. The van der Waals surface area contributed by atoms with Gasteiger partial charge in [-0.15, -0.1) is 10.2 Å². The topological polar surface area (TPSA) is 75.9 Å². The minimum absolute atomic E-state index is 0.0613. The van der Waals surface area contributed by atoms with Crippen molar-refractivity contribution in [1.82, 2.24) is 19.7 Å². The summed E-state index contributed by atoms with van der Waals surface area (Å²) in [4.78, 5) is 19.0. The zero-order valence-electron chi connectivity index (χ0n) is 16.0. The first kappa shape index (κ1) is 18.2. The maximum Gasteiger partial charge on any atom is 0.229 e. The van der Waals surface area contributed by atoms with E-state index in [-0.39, 0.29) is 11.8 Å². The number of aryl methyl sites for hydroxylation is 1. The number of rotatable bonds is 5. The average Bonchev–Trinajstić information content (AvgIpc) is 3.29. The number of carbonyl (C=O) groups is 1. The van der Waals surface area contributed by atoms with Crippen LogP contribution in [0.5, 0.6) is 0 Å². The van der Waals surface area contributed by atoms with Crippen molar-refractivity contribution in [1.29, 1.82) is 0 Å². The van der Waals surface area contributed by atoms with E-state index in [1.807, 2.05) is 41.1 Å². The number of nitrogens with zero attached hydrogens (tertiary/aromatic N) is 5. The molecule has 4 rings (SSSR count). The number of carbonyl (C=O) groups excluding carboxylic acids is 1. The van der Waals surface area contributed by atoms with Gasteiger partial charge in [-0.25, -0.2) is 4.98 Å². The minimum atomic E-state index is -0.0613. The monoisotopic (exact) mass is 376 g/mol. The smallest absolute Gasteiger partial charge is 0.229 e. The van der Waals surface area contributed by atoms with Gasteiger partial charge in [0, 0.05) is 31.2 Å². The second-order valence-corrected chi connectivity index (χ2v) is 7.00. The summed E-state index contributed by atoms with van der Waals surface area (Å²) >= 11 is 0. The molecule has 0 radical (unpaired) electrons. The zero-order valence-corrected chi connectivity index (χ0v) is 16.0. The Hall–Kier alpha value is -3.22. The van der Waals surface area contributed by atoms with E-state index in [0.29, 0.717) is 6.54 Å². The lowest BCUT2D eigenvalue weighted by molar-refractivity contribution is -0.120. The molecule has 3 aromatic rings. The van der Waals surface area contributed by atoms with Gasteiger partial charge in [-0.1, -0.05) is 25.1 Å². The van der Waals surface area contributed by atoms with Crippen LogP contribution in [0.25, 0.3) is 5.82 Å². The van der Waals surface area contributed by atoms with Crippen LogP contribution in [0.15, 0.2) is 55.1 Å². The van der Waals surface area contributed by atoms with Crippen molar-refractivity contribution in [3.8, 4) is 5.82 Å². The summed E-state index contributed by atoms with van der Waals surface area (Å²) in [5.74, 6) is 1.54. The Kier molecular flexibility index (Phi) is 5.32. The predicted molar refractivity (Wildman–Crippen MR) is 109 cm³/mol. The molecule has 1 aromatic carbocycles. The number of piperidine rings is 1. The fourth-order valence-corrected chi connectivity index (χ4v) is 3.60. The van der Waals surface area contributed by atoms with Crippen molar-refractivity contribution >= 4 is 17.4 Å². The summed E-state index contributed by atoms with van der Waals surface area (Å²) in [6, 6.07) is 11.9. The third-order valence-electron chi connectivity index (χ3n) is 5.18. The van der Waals surface area contributed by atoms with E-state index in [0.717, 1.165) is 48.7 Å². The highest BCUT2D eigenvalue weighted by Gasteiger charge is 2.27. The molecule has 0 aliphatic carbocycles. The van der Waals surface area contributed by atoms with Crippen molar-refractivity contribution in [2.75, 3.05) is 23.3 Å². The molecule has 1 fully saturated rings. The van der Waals surface area contributed by atoms with Crippen molar-refractivity contribution < 1.29 is 4.79 Å². The van der Waals surface area contributed by atoms with Crippen LogP contribution < -0.4 is 10.2 Å². The summed E-state index contributed by atoms with van der Waals surface area (Å²) in [5.41, 5.74) is 2.07. The minimum Gasteiger partial charge on any atom is -0.354 e. The van der Waals surface area contributed by atoms with Gasteiger partial charge in [0.2, 0.25) is 5.91 Å². The molecule has 7 nitrogen and oxygen atoms in total. The molecule has 0 spiro atoms. The average molecular weight is 376 g/mol. The Bertz CT molecular complexity index is 922. The molecule has 1 saturated heterocycles. The van der Waals surface area contributed by atoms with Crippen molar-refractivity contribution in [3.63, 3.8) is 0 Å². The Morgan fingerprint density at radius 1 is 1.18 bits per heavy atom. The number of amides is 1. The van der Waals surface area contributed by atoms with E-state index in [1.165, 1.54) is 0 Å². The number of aromatic nitrogens is 4. The van der Waals surface area contributed by atoms with Gasteiger partial charge in [-0.05, 0) is 43.0 Å². The molecule has 1 unspecified atom stereocenters. The van der Waals surface area contributed by atoms with Gasteiger partial charge in [0.25, 0.3) is 0 Å². The number of hydrogen-bond donors (Lipinski definition) is 1. The Labute approximate surface area is 164 Å². The molecule has 1 atom stereocenters. The fraction of sp³-hybridized carbons (Fsp3) is 0.333. The molecule has 1 amide bonds. The summed E-state index contributed by atoms with van der Waals surface area (Å²) in [6.45, 7) is 3.63. The number of benzene rings is 1. The Morgan fingerprint density at radius 3 is 2.75 bits per heavy atom. The van der Waals surface area contributed by atoms with Gasteiger partial charge in [0.1, 0.15) is 6.33 Å². The van der Waals surface area contributed by atoms with Crippen LogP contribution in [-0.2, 0) is 11.2 Å². The molecule has 1 aliphatic heterocycles. The van der Waals surface area contributed by atoms with Crippen LogP contribution in [-0.4, -0.2) is 38.7 Å². The highest BCUT2D eigenvalue weighted by molar-refractivity contribution is 5.93. The fourth-order valence-electron chi connectivity index (χ4n) is 3.60. The van der Waals surface area contributed by atoms with E-state index in [2.05, 4.69) is 38.4 Å². The number of nitrogens with one attached hydrogen (secondary N) is 1. The number of anilines is 2. The summed E-state index contributed by atoms with van der Waals surface area (Å²) in [7, 11) is 0. The standard InChI is InChI=1S/C21H24N6O/c1-2-16-6-3-4-8-18(16)23-21(28)17-7-5-12-26(14-17)19-9-10-20(25-24-19)27-13-11-22-15-27/h3-4,6,8-11,13,15,17H,2,5,7,12,14H2,1H3,(H,23,28). The van der Waals surface area contributed by atoms with Gasteiger partial charge in [0.15, 0.2) is 11.6 Å². The molecule has 7 heteroatoms. The SMILES string of the molecule is CCc1ccccc1NC(=O)C1CCCN(c2ccc(-n3ccnc3)nn2)C1. The van der Waals surface area contributed by atoms with Crippen molar-refractivity contribution in [2.45, 2.75) is 26.2 Å². The number of imidazole rings is 1. The zero-order chi connectivity index (χ0) is 19.3. The second-order valence-electron chi connectivity index (χ2n) is 7.00. The van der Waals surface area contributed by atoms with Crippen LogP contribution in [0.2, 0.25) is 0 Å². The van der Waals surface area contributed by atoms with E-state index in [1.54, 1.807) is 12.5 Å². The number of hydrogen-bond acceptors (Lipinski definition) is 5. The van der Waals surface area contributed by atoms with Crippen LogP contribution in [0.4, 0.5) is 11.5 Å². The maximum atomic E-state index is 12.8. The van der Waals surface area contributed by atoms with E-state index < -0.39 is 0 Å². The van der Waals surface area contributed by atoms with Gasteiger partial charge >= 0.3 is 0 Å². The van der Waals surface area contributed by atoms with Crippen LogP contribution >= 0.6 is 0 Å². The molecular weight excluding hydrogens is 352 g/mol. The molecule has 1 aliphatic rings. The molecular formula is C21H24N6O. The number of para-hydroxylation sites is 1. The van der Waals surface area contributed by atoms with Crippen LogP contribution in [0, 0.1) is 5.92 Å². The van der Waals surface area contributed by atoms with Gasteiger partial charge in [-0.2, -0.15) is 0 Å². The molecule has 28 heavy (non-hydrogen) atoms. The van der Waals surface area contributed by atoms with E-state index in [9.17, 15) is 4.79 Å². The van der Waals surface area contributed by atoms with Crippen molar-refractivity contribution in [3.05, 3.63) is 60.7 Å². The van der Waals surface area contributed by atoms with Crippen molar-refractivity contribution in [2.24, 2.45) is 5.92 Å². The highest BCUT2D eigenvalue weighted by atomic mass is 16.1. The highest BCUT2D eigenvalue weighted by Crippen LogP contribution is 2.24. The molecule has 3 heterocycles. The molecule has 1 N–H and O–H groups in total. The van der Waals surface area contributed by atoms with E-state index in [4.69, 9.17) is 0 Å². The lowest BCUT2D eigenvalue weighted by atomic mass is 9.96. The third kappa shape index (κ3) is 3.88. The van der Waals surface area contributed by atoms with Gasteiger partial charge in [0.05, 0.1) is 5.92 Å². The van der Waals surface area contributed by atoms with Crippen LogP contribution in [0.1, 0.15) is 25.3 Å². The summed E-state index contributed by atoms with van der Waals surface area (Å²) in [6.07, 6.45) is 7.97. The maximum absolute atomic E-state index is 12.8. The predicted octanol–water partition coefficient (Wildman–Crippen LogP) is 3.08. The van der Waals surface area contributed by atoms with Gasteiger partial charge in [-0.3, -0.25) is 9.36 Å². The normalized spacial score (nSPS) is 16.8. The first-order valence-corrected chi connectivity index (χ1v) is 9.70. The Morgan fingerprint density at radius 2 is 2.00 bits per heavy atom. The first-order valence-electron chi connectivity index (χ1n) is 9.70. The molecule has 0 saturated carbocycles. The summed E-state index contributed by atoms with van der Waals surface area (Å²) < 4.78 is 1.81. The lowest BCUT2D eigenvalue weighted by Gasteiger charge is -2.32.